The van der Waals surface area contributed by atoms with Crippen LogP contribution in [0, 0.1) is 56.7 Å². The Kier molecular flexibility index (Phi) is 7.18. The number of carbonyl (C=O) groups is 2. The second-order valence-electron chi connectivity index (χ2n) is 16.8. The number of hydrogen-bond donors (Lipinski definition) is 2. The molecule has 0 bridgehead atoms. The van der Waals surface area contributed by atoms with Crippen molar-refractivity contribution < 1.29 is 19.8 Å². The van der Waals surface area contributed by atoms with Gasteiger partial charge >= 0.3 is 11.9 Å². The van der Waals surface area contributed by atoms with Gasteiger partial charge in [0.1, 0.15) is 0 Å². The number of aryl methyl sites for hydroxylation is 1. The zero-order valence-electron chi connectivity index (χ0n) is 27.5. The lowest BCUT2D eigenvalue weighted by Gasteiger charge is -2.72. The van der Waals surface area contributed by atoms with Crippen LogP contribution in [0.1, 0.15) is 117 Å². The highest BCUT2D eigenvalue weighted by atomic mass is 16.4. The minimum absolute atomic E-state index is 0.0129. The van der Waals surface area contributed by atoms with Crippen molar-refractivity contribution in [2.75, 3.05) is 0 Å². The molecule has 234 valence electrons. The van der Waals surface area contributed by atoms with Crippen molar-refractivity contribution in [2.45, 2.75) is 112 Å². The predicted octanol–water partition coefficient (Wildman–Crippen LogP) is 9.44. The summed E-state index contributed by atoms with van der Waals surface area (Å²) in [5, 5.41) is 19.9. The Balaban J connectivity index is 1.35. The van der Waals surface area contributed by atoms with Gasteiger partial charge in [-0.3, -0.25) is 9.59 Å². The summed E-state index contributed by atoms with van der Waals surface area (Å²) in [5.74, 6) is 0.870. The zero-order valence-corrected chi connectivity index (χ0v) is 27.5. The second kappa shape index (κ2) is 10.1. The molecule has 0 heterocycles. The SMILES string of the molecule is C=C(C)C1CCC2(C(=O)O)CCC3(C)C(CCC4C5(C)CC=C(c6cccc(CCC(=O)O)c6)C(C)(C)C5CCC43C)C12. The van der Waals surface area contributed by atoms with Crippen molar-refractivity contribution in [2.24, 2.45) is 56.7 Å². The summed E-state index contributed by atoms with van der Waals surface area (Å²) in [7, 11) is 0. The fourth-order valence-corrected chi connectivity index (χ4v) is 12.8. The van der Waals surface area contributed by atoms with E-state index in [0.717, 1.165) is 44.1 Å². The molecule has 1 aromatic carbocycles. The minimum Gasteiger partial charge on any atom is -0.481 e. The number of fused-ring (bicyclic) bond motifs is 7. The summed E-state index contributed by atoms with van der Waals surface area (Å²) in [6.45, 7) is 19.2. The molecule has 9 unspecified atom stereocenters. The second-order valence-corrected chi connectivity index (χ2v) is 16.8. The summed E-state index contributed by atoms with van der Waals surface area (Å²) in [6, 6.07) is 8.60. The minimum atomic E-state index is -0.748. The number of rotatable bonds is 6. The van der Waals surface area contributed by atoms with Crippen LogP contribution in [-0.2, 0) is 16.0 Å². The average Bonchev–Trinajstić information content (AvgIpc) is 3.34. The van der Waals surface area contributed by atoms with E-state index < -0.39 is 17.4 Å². The van der Waals surface area contributed by atoms with Gasteiger partial charge in [-0.1, -0.05) is 77.1 Å². The molecule has 4 heteroatoms. The molecule has 0 aromatic heterocycles. The molecular formula is C39H54O4. The lowest BCUT2D eigenvalue weighted by molar-refractivity contribution is -0.227. The Morgan fingerprint density at radius 2 is 1.65 bits per heavy atom. The monoisotopic (exact) mass is 586 g/mol. The van der Waals surface area contributed by atoms with Crippen LogP contribution in [0.2, 0.25) is 0 Å². The molecule has 43 heavy (non-hydrogen) atoms. The molecule has 4 saturated carbocycles. The van der Waals surface area contributed by atoms with E-state index in [1.807, 2.05) is 0 Å². The number of carboxylic acids is 2. The lowest BCUT2D eigenvalue weighted by Crippen LogP contribution is -2.65. The standard InChI is InChI=1S/C39H54O4/c1-24(2)27-15-20-39(34(42)43)22-21-37(6)29(33(27)39)12-13-31-36(5)18-16-28(35(3,4)30(36)17-19-38(31,37)7)26-10-8-9-25(23-26)11-14-32(40)41/h8-10,16,23,27,29-31,33H,1,11-15,17-22H2,2-7H3,(H,40,41)(H,42,43). The molecule has 4 nitrogen and oxygen atoms in total. The van der Waals surface area contributed by atoms with Gasteiger partial charge in [0.2, 0.25) is 0 Å². The average molecular weight is 587 g/mol. The molecule has 4 fully saturated rings. The van der Waals surface area contributed by atoms with Gasteiger partial charge in [-0.05, 0) is 139 Å². The number of allylic oxidation sites excluding steroid dienone is 3. The van der Waals surface area contributed by atoms with Crippen molar-refractivity contribution in [3.8, 4) is 0 Å². The van der Waals surface area contributed by atoms with Crippen LogP contribution in [0.25, 0.3) is 5.57 Å². The normalized spacial score (nSPS) is 42.9. The molecule has 9 atom stereocenters. The topological polar surface area (TPSA) is 74.6 Å². The fourth-order valence-electron chi connectivity index (χ4n) is 12.8. The molecule has 5 aliphatic rings. The molecule has 1 aromatic rings. The number of aliphatic carboxylic acids is 2. The van der Waals surface area contributed by atoms with Crippen LogP contribution in [0.5, 0.6) is 0 Å². The van der Waals surface area contributed by atoms with Crippen LogP contribution in [0.4, 0.5) is 0 Å². The van der Waals surface area contributed by atoms with E-state index in [0.29, 0.717) is 30.1 Å². The third-order valence-corrected chi connectivity index (χ3v) is 14.9. The van der Waals surface area contributed by atoms with Gasteiger partial charge in [-0.15, -0.1) is 0 Å². The first-order valence-corrected chi connectivity index (χ1v) is 17.0. The zero-order chi connectivity index (χ0) is 31.2. The maximum atomic E-state index is 13.0. The van der Waals surface area contributed by atoms with E-state index in [4.69, 9.17) is 0 Å². The smallest absolute Gasteiger partial charge is 0.309 e. The van der Waals surface area contributed by atoms with Gasteiger partial charge in [0, 0.05) is 6.42 Å². The van der Waals surface area contributed by atoms with Crippen molar-refractivity contribution in [3.63, 3.8) is 0 Å². The van der Waals surface area contributed by atoms with E-state index in [1.54, 1.807) is 0 Å². The molecule has 0 aliphatic heterocycles. The molecule has 0 spiro atoms. The third-order valence-electron chi connectivity index (χ3n) is 14.9. The number of benzene rings is 1. The van der Waals surface area contributed by atoms with Gasteiger partial charge < -0.3 is 10.2 Å². The highest BCUT2D eigenvalue weighted by Gasteiger charge is 2.71. The summed E-state index contributed by atoms with van der Waals surface area (Å²) in [6.07, 6.45) is 12.7. The highest BCUT2D eigenvalue weighted by Crippen LogP contribution is 2.77. The Bertz CT molecular complexity index is 1370. The van der Waals surface area contributed by atoms with Crippen LogP contribution in [0.15, 0.2) is 42.5 Å². The summed E-state index contributed by atoms with van der Waals surface area (Å²) in [5.41, 5.74) is 4.93. The summed E-state index contributed by atoms with van der Waals surface area (Å²) < 4.78 is 0. The first kappa shape index (κ1) is 30.7. The fraction of sp³-hybridized carbons (Fsp3) is 0.692. The van der Waals surface area contributed by atoms with Gasteiger partial charge in [-0.25, -0.2) is 0 Å². The van der Waals surface area contributed by atoms with Gasteiger partial charge in [-0.2, -0.15) is 0 Å². The van der Waals surface area contributed by atoms with Crippen LogP contribution in [-0.4, -0.2) is 22.2 Å². The lowest BCUT2D eigenvalue weighted by atomic mass is 9.32. The van der Waals surface area contributed by atoms with E-state index in [9.17, 15) is 19.8 Å². The highest BCUT2D eigenvalue weighted by molar-refractivity contribution is 5.76. The Hall–Kier alpha value is -2.36. The van der Waals surface area contributed by atoms with E-state index in [-0.39, 0.29) is 34.0 Å². The van der Waals surface area contributed by atoms with Crippen molar-refractivity contribution in [1.82, 2.24) is 0 Å². The molecule has 5 aliphatic carbocycles. The summed E-state index contributed by atoms with van der Waals surface area (Å²) in [4.78, 5) is 24.2. The van der Waals surface area contributed by atoms with Crippen LogP contribution in [0.3, 0.4) is 0 Å². The number of hydrogen-bond acceptors (Lipinski definition) is 2. The quantitative estimate of drug-likeness (QED) is 0.326. The van der Waals surface area contributed by atoms with Crippen molar-refractivity contribution >= 4 is 17.5 Å². The molecule has 2 N–H and O–H groups in total. The molecule has 6 rings (SSSR count). The van der Waals surface area contributed by atoms with Crippen LogP contribution >= 0.6 is 0 Å². The maximum absolute atomic E-state index is 13.0. The van der Waals surface area contributed by atoms with Crippen molar-refractivity contribution in [3.05, 3.63) is 53.6 Å². The van der Waals surface area contributed by atoms with E-state index in [1.165, 1.54) is 36.0 Å². The predicted molar refractivity (Wildman–Crippen MR) is 172 cm³/mol. The third kappa shape index (κ3) is 4.20. The van der Waals surface area contributed by atoms with Gasteiger partial charge in [0.15, 0.2) is 0 Å². The Morgan fingerprint density at radius 1 is 0.907 bits per heavy atom. The first-order valence-electron chi connectivity index (χ1n) is 17.0. The largest absolute Gasteiger partial charge is 0.481 e. The van der Waals surface area contributed by atoms with Gasteiger partial charge in [0.25, 0.3) is 0 Å². The molecule has 0 radical (unpaired) electrons. The molecule has 0 saturated heterocycles. The van der Waals surface area contributed by atoms with Gasteiger partial charge in [0.05, 0.1) is 5.41 Å². The first-order chi connectivity index (χ1) is 20.1. The van der Waals surface area contributed by atoms with Crippen molar-refractivity contribution in [1.29, 1.82) is 0 Å². The van der Waals surface area contributed by atoms with E-state index >= 15 is 0 Å². The molecule has 0 amide bonds. The molecular weight excluding hydrogens is 532 g/mol. The Morgan fingerprint density at radius 3 is 2.33 bits per heavy atom. The number of carboxylic acid groups (broad SMARTS) is 2. The van der Waals surface area contributed by atoms with E-state index in [2.05, 4.69) is 78.5 Å². The maximum Gasteiger partial charge on any atom is 0.309 e. The summed E-state index contributed by atoms with van der Waals surface area (Å²) >= 11 is 0. The Labute approximate surface area is 259 Å². The van der Waals surface area contributed by atoms with Crippen LogP contribution < -0.4 is 0 Å².